The van der Waals surface area contributed by atoms with E-state index in [0.717, 1.165) is 0 Å². The molecule has 0 unspecified atom stereocenters. The van der Waals surface area contributed by atoms with Crippen LogP contribution in [-0.2, 0) is 9.53 Å². The molecule has 0 spiro atoms. The van der Waals surface area contributed by atoms with Gasteiger partial charge in [0.05, 0.1) is 12.3 Å². The number of nitrogens with zero attached hydrogens (tertiary/aromatic N) is 3. The second-order valence-corrected chi connectivity index (χ2v) is 3.77. The summed E-state index contributed by atoms with van der Waals surface area (Å²) in [6.07, 6.45) is 3.47. The van der Waals surface area contributed by atoms with Crippen molar-refractivity contribution < 1.29 is 9.53 Å². The van der Waals surface area contributed by atoms with E-state index in [1.54, 1.807) is 38.2 Å². The number of esters is 1. The highest BCUT2D eigenvalue weighted by Crippen LogP contribution is 2.10. The molecule has 0 saturated carbocycles. The Kier molecular flexibility index (Phi) is 6.49. The van der Waals surface area contributed by atoms with Gasteiger partial charge >= 0.3 is 5.97 Å². The topological polar surface area (TPSA) is 56.6 Å². The second-order valence-electron chi connectivity index (χ2n) is 3.77. The van der Waals surface area contributed by atoms with Crippen molar-refractivity contribution in [3.63, 3.8) is 0 Å². The molecule has 0 heterocycles. The van der Waals surface area contributed by atoms with E-state index in [-0.39, 0.29) is 12.2 Å². The number of nitriles is 1. The molecular formula is C12H19N3O2. The van der Waals surface area contributed by atoms with Crippen LogP contribution in [-0.4, -0.2) is 50.6 Å². The molecule has 0 rings (SSSR count). The second kappa shape index (κ2) is 7.34. The molecule has 94 valence electrons. The molecule has 0 amide bonds. The van der Waals surface area contributed by atoms with Crippen LogP contribution >= 0.6 is 0 Å². The van der Waals surface area contributed by atoms with Crippen molar-refractivity contribution in [3.05, 3.63) is 23.5 Å². The number of carbonyl (C=O) groups is 1. The van der Waals surface area contributed by atoms with E-state index < -0.39 is 5.97 Å². The van der Waals surface area contributed by atoms with Gasteiger partial charge in [0.25, 0.3) is 0 Å². The Morgan fingerprint density at radius 1 is 1.35 bits per heavy atom. The molecule has 0 aliphatic rings. The highest BCUT2D eigenvalue weighted by molar-refractivity contribution is 5.94. The predicted molar refractivity (Wildman–Crippen MR) is 65.8 cm³/mol. The Bertz CT molecular complexity index is 362. The van der Waals surface area contributed by atoms with Crippen LogP contribution < -0.4 is 0 Å². The Hall–Kier alpha value is -1.96. The number of hydrogen-bond donors (Lipinski definition) is 0. The number of allylic oxidation sites excluding steroid dienone is 1. The van der Waals surface area contributed by atoms with Crippen LogP contribution in [0.4, 0.5) is 0 Å². The zero-order valence-corrected chi connectivity index (χ0v) is 11.0. The van der Waals surface area contributed by atoms with Gasteiger partial charge in [-0.25, -0.2) is 4.79 Å². The number of likely N-dealkylation sites (N-methyl/N-ethyl adjacent to an activating group) is 1. The maximum absolute atomic E-state index is 11.6. The summed E-state index contributed by atoms with van der Waals surface area (Å²) in [7, 11) is 7.26. The average Bonchev–Trinajstić information content (AvgIpc) is 2.23. The molecule has 5 heteroatoms. The van der Waals surface area contributed by atoms with Gasteiger partial charge in [-0.15, -0.1) is 0 Å². The third kappa shape index (κ3) is 5.07. The Labute approximate surface area is 103 Å². The zero-order valence-electron chi connectivity index (χ0n) is 11.0. The highest BCUT2D eigenvalue weighted by Gasteiger charge is 2.16. The summed E-state index contributed by atoms with van der Waals surface area (Å²) < 4.78 is 4.84. The molecule has 0 N–H and O–H groups in total. The molecule has 0 aromatic carbocycles. The fourth-order valence-corrected chi connectivity index (χ4v) is 1.09. The normalized spacial score (nSPS) is 11.8. The van der Waals surface area contributed by atoms with Crippen molar-refractivity contribution in [2.75, 3.05) is 34.8 Å². The molecule has 0 saturated heterocycles. The lowest BCUT2D eigenvalue weighted by atomic mass is 10.2. The fraction of sp³-hybridized carbons (Fsp3) is 0.500. The lowest BCUT2D eigenvalue weighted by Crippen LogP contribution is -2.18. The van der Waals surface area contributed by atoms with Crippen LogP contribution in [0.5, 0.6) is 0 Å². The molecule has 17 heavy (non-hydrogen) atoms. The van der Waals surface area contributed by atoms with Gasteiger partial charge in [0.1, 0.15) is 6.07 Å². The van der Waals surface area contributed by atoms with Gasteiger partial charge in [-0.3, -0.25) is 0 Å². The predicted octanol–water partition coefficient (Wildman–Crippen LogP) is 0.964. The van der Waals surface area contributed by atoms with Crippen molar-refractivity contribution in [2.24, 2.45) is 0 Å². The SMILES string of the molecule is CCOC(=O)C(C#N)=C(C=CN(C)C)N(C)C. The van der Waals surface area contributed by atoms with Crippen LogP contribution in [0.3, 0.4) is 0 Å². The molecule has 0 aromatic heterocycles. The molecule has 0 aliphatic carbocycles. The van der Waals surface area contributed by atoms with Gasteiger partial charge in [0, 0.05) is 34.4 Å². The lowest BCUT2D eigenvalue weighted by Gasteiger charge is -2.16. The van der Waals surface area contributed by atoms with Crippen LogP contribution in [0.15, 0.2) is 23.5 Å². The fourth-order valence-electron chi connectivity index (χ4n) is 1.09. The summed E-state index contributed by atoms with van der Waals surface area (Å²) in [5, 5.41) is 9.02. The van der Waals surface area contributed by atoms with Crippen LogP contribution in [0.2, 0.25) is 0 Å². The van der Waals surface area contributed by atoms with Gasteiger partial charge in [0.15, 0.2) is 5.57 Å². The molecule has 0 bridgehead atoms. The summed E-state index contributed by atoms with van der Waals surface area (Å²) in [5.41, 5.74) is 0.537. The summed E-state index contributed by atoms with van der Waals surface area (Å²) in [5.74, 6) is -0.595. The van der Waals surface area contributed by atoms with E-state index in [2.05, 4.69) is 0 Å². The minimum absolute atomic E-state index is 0.00921. The maximum Gasteiger partial charge on any atom is 0.351 e. The van der Waals surface area contributed by atoms with Gasteiger partial charge in [-0.2, -0.15) is 5.26 Å². The summed E-state index contributed by atoms with van der Waals surface area (Å²) in [6, 6.07) is 1.89. The highest BCUT2D eigenvalue weighted by atomic mass is 16.5. The van der Waals surface area contributed by atoms with E-state index in [1.807, 2.05) is 25.1 Å². The van der Waals surface area contributed by atoms with E-state index in [1.165, 1.54) is 0 Å². The van der Waals surface area contributed by atoms with Gasteiger partial charge < -0.3 is 14.5 Å². The largest absolute Gasteiger partial charge is 0.462 e. The summed E-state index contributed by atoms with van der Waals surface area (Å²) >= 11 is 0. The van der Waals surface area contributed by atoms with Crippen molar-refractivity contribution >= 4 is 5.97 Å². The van der Waals surface area contributed by atoms with Crippen LogP contribution in [0, 0.1) is 11.3 Å². The smallest absolute Gasteiger partial charge is 0.351 e. The first-order valence-corrected chi connectivity index (χ1v) is 5.27. The Morgan fingerprint density at radius 3 is 2.29 bits per heavy atom. The third-order valence-electron chi connectivity index (χ3n) is 1.86. The Balaban J connectivity index is 5.34. The van der Waals surface area contributed by atoms with E-state index in [9.17, 15) is 4.79 Å². The molecular weight excluding hydrogens is 218 g/mol. The van der Waals surface area contributed by atoms with Gasteiger partial charge in [-0.05, 0) is 13.0 Å². The first-order chi connectivity index (χ1) is 7.93. The number of hydrogen-bond acceptors (Lipinski definition) is 5. The summed E-state index contributed by atoms with van der Waals surface area (Å²) in [4.78, 5) is 15.1. The first-order valence-electron chi connectivity index (χ1n) is 5.27. The Morgan fingerprint density at radius 2 is 1.94 bits per heavy atom. The maximum atomic E-state index is 11.6. The van der Waals surface area contributed by atoms with Crippen molar-refractivity contribution in [3.8, 4) is 6.07 Å². The summed E-state index contributed by atoms with van der Waals surface area (Å²) in [6.45, 7) is 1.96. The number of ether oxygens (including phenoxy) is 1. The quantitative estimate of drug-likeness (QED) is 0.308. The van der Waals surface area contributed by atoms with E-state index in [0.29, 0.717) is 5.70 Å². The minimum atomic E-state index is -0.595. The van der Waals surface area contributed by atoms with Crippen molar-refractivity contribution in [1.29, 1.82) is 5.26 Å². The van der Waals surface area contributed by atoms with Gasteiger partial charge in [-0.1, -0.05) is 0 Å². The lowest BCUT2D eigenvalue weighted by molar-refractivity contribution is -0.138. The van der Waals surface area contributed by atoms with Gasteiger partial charge in [0.2, 0.25) is 0 Å². The molecule has 5 nitrogen and oxygen atoms in total. The number of carbonyl (C=O) groups excluding carboxylic acids is 1. The molecule has 0 atom stereocenters. The van der Waals surface area contributed by atoms with Crippen molar-refractivity contribution in [2.45, 2.75) is 6.92 Å². The molecule has 0 fully saturated rings. The zero-order chi connectivity index (χ0) is 13.4. The molecule has 0 aliphatic heterocycles. The van der Waals surface area contributed by atoms with Crippen LogP contribution in [0.25, 0.3) is 0 Å². The minimum Gasteiger partial charge on any atom is -0.462 e. The molecule has 0 aromatic rings. The third-order valence-corrected chi connectivity index (χ3v) is 1.86. The average molecular weight is 237 g/mol. The van der Waals surface area contributed by atoms with E-state index in [4.69, 9.17) is 10.00 Å². The standard InChI is InChI=1S/C12H19N3O2/c1-6-17-12(16)10(9-13)11(15(4)5)7-8-14(2)3/h7-8H,6H2,1-5H3. The monoisotopic (exact) mass is 237 g/mol. The first kappa shape index (κ1) is 15.0. The van der Waals surface area contributed by atoms with Crippen LogP contribution in [0.1, 0.15) is 6.92 Å². The van der Waals surface area contributed by atoms with Crippen molar-refractivity contribution in [1.82, 2.24) is 9.80 Å². The van der Waals surface area contributed by atoms with E-state index >= 15 is 0 Å². The number of rotatable bonds is 5. The molecule has 0 radical (unpaired) electrons.